The van der Waals surface area contributed by atoms with Crippen molar-refractivity contribution in [2.45, 2.75) is 39.7 Å². The molecule has 1 spiro atoms. The molecule has 17 heavy (non-hydrogen) atoms. The second-order valence-electron chi connectivity index (χ2n) is 5.63. The Morgan fingerprint density at radius 1 is 1.24 bits per heavy atom. The Hall–Kier alpha value is -0.830. The molecule has 1 heterocycles. The molecule has 0 unspecified atom stereocenters. The van der Waals surface area contributed by atoms with E-state index in [2.05, 4.69) is 32.3 Å². The zero-order valence-corrected chi connectivity index (χ0v) is 11.9. The van der Waals surface area contributed by atoms with Crippen LogP contribution < -0.4 is 0 Å². The van der Waals surface area contributed by atoms with Crippen molar-refractivity contribution < 1.29 is 4.79 Å². The van der Waals surface area contributed by atoms with E-state index in [0.29, 0.717) is 0 Å². The lowest BCUT2D eigenvalue weighted by Crippen LogP contribution is -2.29. The fourth-order valence-corrected chi connectivity index (χ4v) is 3.84. The molecule has 3 heteroatoms. The summed E-state index contributed by atoms with van der Waals surface area (Å²) in [6, 6.07) is 0. The zero-order chi connectivity index (χ0) is 12.8. The van der Waals surface area contributed by atoms with E-state index in [-0.39, 0.29) is 16.7 Å². The maximum absolute atomic E-state index is 11.8. The van der Waals surface area contributed by atoms with Crippen LogP contribution in [0.25, 0.3) is 0 Å². The number of aliphatic imine (C=N–C) groups is 1. The van der Waals surface area contributed by atoms with Gasteiger partial charge in [-0.15, -0.1) is 11.8 Å². The van der Waals surface area contributed by atoms with E-state index < -0.39 is 0 Å². The molecule has 1 aliphatic carbocycles. The van der Waals surface area contributed by atoms with Gasteiger partial charge in [0.15, 0.2) is 5.78 Å². The number of hydrogen-bond acceptors (Lipinski definition) is 3. The van der Waals surface area contributed by atoms with Crippen molar-refractivity contribution in [3.63, 3.8) is 0 Å². The third-order valence-electron chi connectivity index (χ3n) is 3.39. The maximum Gasteiger partial charge on any atom is 0.183 e. The molecular weight excluding hydrogens is 230 g/mol. The quantitative estimate of drug-likeness (QED) is 0.658. The minimum atomic E-state index is -0.134. The molecule has 0 aromatic rings. The SMILES string of the molecule is CSC1=NC(C)(C)CC12C=C(C)C(=O)C(C)=C2. The van der Waals surface area contributed by atoms with Gasteiger partial charge in [0.2, 0.25) is 0 Å². The van der Waals surface area contributed by atoms with Gasteiger partial charge in [-0.25, -0.2) is 0 Å². The summed E-state index contributed by atoms with van der Waals surface area (Å²) in [5.41, 5.74) is 1.53. The number of rotatable bonds is 0. The van der Waals surface area contributed by atoms with Crippen LogP contribution in [0.5, 0.6) is 0 Å². The van der Waals surface area contributed by atoms with Crippen molar-refractivity contribution in [2.75, 3.05) is 6.26 Å². The van der Waals surface area contributed by atoms with Crippen LogP contribution in [0.15, 0.2) is 28.3 Å². The Morgan fingerprint density at radius 3 is 2.24 bits per heavy atom. The first kappa shape index (κ1) is 12.6. The Morgan fingerprint density at radius 2 is 1.76 bits per heavy atom. The Bertz CT molecular complexity index is 447. The Balaban J connectivity index is 2.53. The predicted molar refractivity (Wildman–Crippen MR) is 74.6 cm³/mol. The van der Waals surface area contributed by atoms with Crippen molar-refractivity contribution in [3.8, 4) is 0 Å². The number of thioether (sulfide) groups is 1. The molecule has 92 valence electrons. The van der Waals surface area contributed by atoms with Gasteiger partial charge in [-0.1, -0.05) is 12.2 Å². The van der Waals surface area contributed by atoms with Crippen LogP contribution in [0, 0.1) is 5.41 Å². The fraction of sp³-hybridized carbons (Fsp3) is 0.571. The molecule has 0 aromatic carbocycles. The van der Waals surface area contributed by atoms with E-state index >= 15 is 0 Å². The summed E-state index contributed by atoms with van der Waals surface area (Å²) < 4.78 is 0. The van der Waals surface area contributed by atoms with Gasteiger partial charge in [0, 0.05) is 0 Å². The summed E-state index contributed by atoms with van der Waals surface area (Å²) in [6.45, 7) is 8.12. The highest BCUT2D eigenvalue weighted by Gasteiger charge is 2.45. The molecule has 0 amide bonds. The summed E-state index contributed by atoms with van der Waals surface area (Å²) in [4.78, 5) is 16.6. The van der Waals surface area contributed by atoms with E-state index in [1.54, 1.807) is 11.8 Å². The molecule has 0 aromatic heterocycles. The van der Waals surface area contributed by atoms with E-state index in [4.69, 9.17) is 4.99 Å². The van der Waals surface area contributed by atoms with Gasteiger partial charge in [-0.05, 0) is 51.5 Å². The smallest absolute Gasteiger partial charge is 0.183 e. The number of carbonyl (C=O) groups excluding carboxylic acids is 1. The minimum Gasteiger partial charge on any atom is -0.289 e. The van der Waals surface area contributed by atoms with Crippen LogP contribution in [0.3, 0.4) is 0 Å². The van der Waals surface area contributed by atoms with Crippen LogP contribution >= 0.6 is 11.8 Å². The maximum atomic E-state index is 11.8. The van der Waals surface area contributed by atoms with Crippen LogP contribution in [0.4, 0.5) is 0 Å². The van der Waals surface area contributed by atoms with Gasteiger partial charge in [0.05, 0.1) is 16.0 Å². The minimum absolute atomic E-state index is 0.0354. The van der Waals surface area contributed by atoms with E-state index in [1.807, 2.05) is 13.8 Å². The number of ketones is 1. The number of Topliss-reactive ketones (excluding diaryl/α,β-unsaturated/α-hetero) is 1. The molecule has 0 saturated carbocycles. The summed E-state index contributed by atoms with van der Waals surface area (Å²) in [7, 11) is 0. The zero-order valence-electron chi connectivity index (χ0n) is 11.1. The molecule has 2 rings (SSSR count). The molecule has 0 N–H and O–H groups in total. The highest BCUT2D eigenvalue weighted by atomic mass is 32.2. The van der Waals surface area contributed by atoms with Crippen molar-refractivity contribution in [3.05, 3.63) is 23.3 Å². The molecule has 2 aliphatic rings. The van der Waals surface area contributed by atoms with Crippen LogP contribution in [-0.2, 0) is 4.79 Å². The topological polar surface area (TPSA) is 29.4 Å². The average Bonchev–Trinajstić information content (AvgIpc) is 2.45. The highest BCUT2D eigenvalue weighted by molar-refractivity contribution is 8.13. The lowest BCUT2D eigenvalue weighted by Gasteiger charge is -2.29. The standard InChI is InChI=1S/C14H19NOS/c1-9-6-14(7-10(2)11(9)16)8-13(3,4)15-12(14)17-5/h6-7H,8H2,1-5H3. The van der Waals surface area contributed by atoms with E-state index in [0.717, 1.165) is 22.6 Å². The molecular formula is C14H19NOS. The van der Waals surface area contributed by atoms with Crippen LogP contribution in [-0.4, -0.2) is 22.6 Å². The van der Waals surface area contributed by atoms with Gasteiger partial charge in [0.25, 0.3) is 0 Å². The van der Waals surface area contributed by atoms with Gasteiger partial charge >= 0.3 is 0 Å². The Kier molecular flexibility index (Phi) is 2.85. The van der Waals surface area contributed by atoms with Crippen LogP contribution in [0.2, 0.25) is 0 Å². The summed E-state index contributed by atoms with van der Waals surface area (Å²) in [5, 5.41) is 1.13. The lowest BCUT2D eigenvalue weighted by atomic mass is 9.75. The third-order valence-corrected chi connectivity index (χ3v) is 4.24. The predicted octanol–water partition coefficient (Wildman–Crippen LogP) is 3.39. The van der Waals surface area contributed by atoms with Gasteiger partial charge in [-0.3, -0.25) is 9.79 Å². The van der Waals surface area contributed by atoms with Gasteiger partial charge in [-0.2, -0.15) is 0 Å². The monoisotopic (exact) mass is 249 g/mol. The van der Waals surface area contributed by atoms with Crippen molar-refractivity contribution in [1.82, 2.24) is 0 Å². The molecule has 0 fully saturated rings. The largest absolute Gasteiger partial charge is 0.289 e. The summed E-state index contributed by atoms with van der Waals surface area (Å²) in [6.07, 6.45) is 7.22. The number of nitrogens with zero attached hydrogens (tertiary/aromatic N) is 1. The summed E-state index contributed by atoms with van der Waals surface area (Å²) >= 11 is 1.69. The second-order valence-corrected chi connectivity index (χ2v) is 6.43. The molecule has 2 nitrogen and oxygen atoms in total. The molecule has 0 atom stereocenters. The molecule has 0 saturated heterocycles. The highest BCUT2D eigenvalue weighted by Crippen LogP contribution is 2.47. The Labute approximate surface area is 107 Å². The first-order chi connectivity index (χ1) is 7.80. The average molecular weight is 249 g/mol. The number of allylic oxidation sites excluding steroid dienone is 4. The van der Waals surface area contributed by atoms with Crippen molar-refractivity contribution in [2.24, 2.45) is 10.4 Å². The number of hydrogen-bond donors (Lipinski definition) is 0. The van der Waals surface area contributed by atoms with Gasteiger partial charge in [0.1, 0.15) is 0 Å². The first-order valence-corrected chi connectivity index (χ1v) is 7.10. The van der Waals surface area contributed by atoms with Gasteiger partial charge < -0.3 is 0 Å². The van der Waals surface area contributed by atoms with E-state index in [1.165, 1.54) is 0 Å². The molecule has 1 aliphatic heterocycles. The molecule has 0 radical (unpaired) electrons. The van der Waals surface area contributed by atoms with Crippen molar-refractivity contribution in [1.29, 1.82) is 0 Å². The fourth-order valence-electron chi connectivity index (χ4n) is 2.93. The lowest BCUT2D eigenvalue weighted by molar-refractivity contribution is -0.112. The van der Waals surface area contributed by atoms with Crippen LogP contribution in [0.1, 0.15) is 34.1 Å². The second kappa shape index (κ2) is 3.84. The number of carbonyl (C=O) groups is 1. The summed E-state index contributed by atoms with van der Waals surface area (Å²) in [5.74, 6) is 0.167. The third kappa shape index (κ3) is 2.01. The normalized spacial score (nSPS) is 25.7. The van der Waals surface area contributed by atoms with E-state index in [9.17, 15) is 4.79 Å². The molecule has 0 bridgehead atoms. The van der Waals surface area contributed by atoms with Crippen molar-refractivity contribution >= 4 is 22.6 Å². The first-order valence-electron chi connectivity index (χ1n) is 5.88.